The number of carbonyl (C=O) groups is 1. The summed E-state index contributed by atoms with van der Waals surface area (Å²) in [5.74, 6) is 1.12. The van der Waals surface area contributed by atoms with Gasteiger partial charge in [-0.2, -0.15) is 4.98 Å². The van der Waals surface area contributed by atoms with Crippen molar-refractivity contribution < 1.29 is 13.7 Å². The van der Waals surface area contributed by atoms with Crippen molar-refractivity contribution in [1.29, 1.82) is 0 Å². The minimum atomic E-state index is -0.374. The Labute approximate surface area is 135 Å². The van der Waals surface area contributed by atoms with E-state index in [4.69, 9.17) is 4.52 Å². The summed E-state index contributed by atoms with van der Waals surface area (Å²) < 4.78 is 18.6. The fourth-order valence-corrected chi connectivity index (χ4v) is 2.12. The molecule has 1 amide bonds. The van der Waals surface area contributed by atoms with E-state index in [1.54, 1.807) is 19.1 Å². The van der Waals surface area contributed by atoms with Crippen molar-refractivity contribution in [1.82, 2.24) is 15.5 Å². The number of rotatable bonds is 7. The molecule has 0 saturated carbocycles. The second-order valence-corrected chi connectivity index (χ2v) is 6.03. The summed E-state index contributed by atoms with van der Waals surface area (Å²) in [6.07, 6.45) is 2.08. The first-order chi connectivity index (χ1) is 11.0. The highest BCUT2D eigenvalue weighted by molar-refractivity contribution is 5.94. The fourth-order valence-electron chi connectivity index (χ4n) is 2.12. The molecule has 0 radical (unpaired) electrons. The molecule has 124 valence electrons. The molecule has 6 heteroatoms. The number of nitrogens with zero attached hydrogens (tertiary/aromatic N) is 2. The van der Waals surface area contributed by atoms with Crippen LogP contribution in [0.1, 0.15) is 47.9 Å². The number of amides is 1. The van der Waals surface area contributed by atoms with E-state index in [9.17, 15) is 9.18 Å². The molecule has 1 aromatic heterocycles. The molecule has 0 atom stereocenters. The van der Waals surface area contributed by atoms with Gasteiger partial charge in [0, 0.05) is 24.9 Å². The van der Waals surface area contributed by atoms with Gasteiger partial charge in [-0.1, -0.05) is 25.1 Å². The van der Waals surface area contributed by atoms with Crippen molar-refractivity contribution in [3.8, 4) is 0 Å². The molecule has 0 spiro atoms. The minimum Gasteiger partial charge on any atom is -0.352 e. The summed E-state index contributed by atoms with van der Waals surface area (Å²) in [7, 11) is 0. The van der Waals surface area contributed by atoms with Gasteiger partial charge >= 0.3 is 0 Å². The standard InChI is InChI=1S/C17H22FN3O2/c1-11(2)9-15-20-16(23-21-15)5-4-8-19-17(22)13-7-6-12(3)14(18)10-13/h6-7,10-11H,4-5,8-9H2,1-3H3,(H,19,22). The molecule has 2 rings (SSSR count). The Morgan fingerprint density at radius 1 is 1.39 bits per heavy atom. The molecule has 0 aliphatic rings. The van der Waals surface area contributed by atoms with Crippen LogP contribution in [0.3, 0.4) is 0 Å². The number of hydrogen-bond donors (Lipinski definition) is 1. The minimum absolute atomic E-state index is 0.282. The summed E-state index contributed by atoms with van der Waals surface area (Å²) in [4.78, 5) is 16.2. The maximum atomic E-state index is 13.4. The van der Waals surface area contributed by atoms with Crippen molar-refractivity contribution in [3.05, 3.63) is 46.9 Å². The predicted octanol–water partition coefficient (Wildman–Crippen LogP) is 3.08. The summed E-state index contributed by atoms with van der Waals surface area (Å²) >= 11 is 0. The quantitative estimate of drug-likeness (QED) is 0.796. The summed E-state index contributed by atoms with van der Waals surface area (Å²) in [6.45, 7) is 6.32. The van der Waals surface area contributed by atoms with Crippen LogP contribution < -0.4 is 5.32 Å². The lowest BCUT2D eigenvalue weighted by Gasteiger charge is -2.05. The van der Waals surface area contributed by atoms with Crippen molar-refractivity contribution >= 4 is 5.91 Å². The second kappa shape index (κ2) is 7.85. The second-order valence-electron chi connectivity index (χ2n) is 6.03. The molecule has 0 bridgehead atoms. The number of carbonyl (C=O) groups excluding carboxylic acids is 1. The van der Waals surface area contributed by atoms with Crippen LogP contribution in [0.25, 0.3) is 0 Å². The van der Waals surface area contributed by atoms with E-state index < -0.39 is 0 Å². The average Bonchev–Trinajstić information content (AvgIpc) is 2.93. The van der Waals surface area contributed by atoms with Crippen LogP contribution in [0.15, 0.2) is 22.7 Å². The Morgan fingerprint density at radius 3 is 2.87 bits per heavy atom. The Balaban J connectivity index is 1.75. The van der Waals surface area contributed by atoms with E-state index in [0.717, 1.165) is 6.42 Å². The maximum Gasteiger partial charge on any atom is 0.251 e. The number of aromatic nitrogens is 2. The Kier molecular flexibility index (Phi) is 5.84. The van der Waals surface area contributed by atoms with Gasteiger partial charge in [0.1, 0.15) is 5.82 Å². The van der Waals surface area contributed by atoms with Crippen LogP contribution >= 0.6 is 0 Å². The first kappa shape index (κ1) is 17.1. The van der Waals surface area contributed by atoms with Crippen LogP contribution in [0, 0.1) is 18.7 Å². The smallest absolute Gasteiger partial charge is 0.251 e. The lowest BCUT2D eigenvalue weighted by molar-refractivity contribution is 0.0952. The predicted molar refractivity (Wildman–Crippen MR) is 84.6 cm³/mol. The topological polar surface area (TPSA) is 68.0 Å². The maximum absolute atomic E-state index is 13.4. The zero-order chi connectivity index (χ0) is 16.8. The third-order valence-electron chi connectivity index (χ3n) is 3.39. The van der Waals surface area contributed by atoms with Crippen LogP contribution in [-0.4, -0.2) is 22.6 Å². The average molecular weight is 319 g/mol. The molecular formula is C17H22FN3O2. The number of aryl methyl sites for hydroxylation is 2. The number of halogens is 1. The number of hydrogen-bond acceptors (Lipinski definition) is 4. The number of nitrogens with one attached hydrogen (secondary N) is 1. The first-order valence-corrected chi connectivity index (χ1v) is 7.81. The van der Waals surface area contributed by atoms with Gasteiger partial charge in [-0.25, -0.2) is 4.39 Å². The van der Waals surface area contributed by atoms with Crippen molar-refractivity contribution in [3.63, 3.8) is 0 Å². The van der Waals surface area contributed by atoms with Crippen molar-refractivity contribution in [2.75, 3.05) is 6.54 Å². The molecule has 2 aromatic rings. The fraction of sp³-hybridized carbons (Fsp3) is 0.471. The SMILES string of the molecule is Cc1ccc(C(=O)NCCCc2nc(CC(C)C)no2)cc1F. The number of benzene rings is 1. The summed E-state index contributed by atoms with van der Waals surface area (Å²) in [6, 6.07) is 4.46. The molecule has 0 aliphatic heterocycles. The van der Waals surface area contributed by atoms with E-state index >= 15 is 0 Å². The first-order valence-electron chi connectivity index (χ1n) is 7.81. The Morgan fingerprint density at radius 2 is 2.17 bits per heavy atom. The Hall–Kier alpha value is -2.24. The van der Waals surface area contributed by atoms with Gasteiger partial charge in [-0.3, -0.25) is 4.79 Å². The molecule has 23 heavy (non-hydrogen) atoms. The van der Waals surface area contributed by atoms with Gasteiger partial charge in [-0.15, -0.1) is 0 Å². The van der Waals surface area contributed by atoms with Gasteiger partial charge in [0.15, 0.2) is 5.82 Å². The largest absolute Gasteiger partial charge is 0.352 e. The lowest BCUT2D eigenvalue weighted by atomic mass is 10.1. The van der Waals surface area contributed by atoms with Gasteiger partial charge in [0.05, 0.1) is 0 Å². The van der Waals surface area contributed by atoms with Gasteiger partial charge in [0.25, 0.3) is 5.91 Å². The highest BCUT2D eigenvalue weighted by Gasteiger charge is 2.10. The monoisotopic (exact) mass is 319 g/mol. The van der Waals surface area contributed by atoms with Gasteiger partial charge in [-0.05, 0) is 37.0 Å². The molecule has 5 nitrogen and oxygen atoms in total. The molecule has 0 fully saturated rings. The van der Waals surface area contributed by atoms with Gasteiger partial charge in [0.2, 0.25) is 5.89 Å². The molecule has 0 aliphatic carbocycles. The normalized spacial score (nSPS) is 11.0. The van der Waals surface area contributed by atoms with E-state index in [1.807, 2.05) is 0 Å². The Bertz CT molecular complexity index is 668. The molecule has 0 unspecified atom stereocenters. The van der Waals surface area contributed by atoms with Crippen molar-refractivity contribution in [2.24, 2.45) is 5.92 Å². The van der Waals surface area contributed by atoms with Crippen LogP contribution in [0.5, 0.6) is 0 Å². The zero-order valence-electron chi connectivity index (χ0n) is 13.7. The van der Waals surface area contributed by atoms with Crippen molar-refractivity contribution in [2.45, 2.75) is 40.0 Å². The highest BCUT2D eigenvalue weighted by atomic mass is 19.1. The van der Waals surface area contributed by atoms with E-state index in [0.29, 0.717) is 48.1 Å². The van der Waals surface area contributed by atoms with E-state index in [1.165, 1.54) is 6.07 Å². The van der Waals surface area contributed by atoms with E-state index in [-0.39, 0.29) is 11.7 Å². The lowest BCUT2D eigenvalue weighted by Crippen LogP contribution is -2.24. The summed E-state index contributed by atoms with van der Waals surface area (Å²) in [5.41, 5.74) is 0.847. The van der Waals surface area contributed by atoms with Crippen LogP contribution in [-0.2, 0) is 12.8 Å². The third-order valence-corrected chi connectivity index (χ3v) is 3.39. The van der Waals surface area contributed by atoms with E-state index in [2.05, 4.69) is 29.3 Å². The zero-order valence-corrected chi connectivity index (χ0v) is 13.7. The molecular weight excluding hydrogens is 297 g/mol. The third kappa shape index (κ3) is 5.16. The molecule has 0 saturated heterocycles. The van der Waals surface area contributed by atoms with Crippen LogP contribution in [0.4, 0.5) is 4.39 Å². The molecule has 1 N–H and O–H groups in total. The molecule has 1 heterocycles. The van der Waals surface area contributed by atoms with Crippen LogP contribution in [0.2, 0.25) is 0 Å². The summed E-state index contributed by atoms with van der Waals surface area (Å²) in [5, 5.41) is 6.68. The highest BCUT2D eigenvalue weighted by Crippen LogP contribution is 2.09. The molecule has 1 aromatic carbocycles. The van der Waals surface area contributed by atoms with Gasteiger partial charge < -0.3 is 9.84 Å².